The van der Waals surface area contributed by atoms with E-state index in [0.717, 1.165) is 24.3 Å². The summed E-state index contributed by atoms with van der Waals surface area (Å²) in [5, 5.41) is 3.11. The smallest absolute Gasteiger partial charge is 0.162 e. The Morgan fingerprint density at radius 2 is 2.38 bits per heavy atom. The molecule has 0 aromatic heterocycles. The Labute approximate surface area is 95.8 Å². The highest BCUT2D eigenvalue weighted by Gasteiger charge is 2.04. The van der Waals surface area contributed by atoms with Crippen LogP contribution in [0.15, 0.2) is 30.5 Å². The van der Waals surface area contributed by atoms with Crippen molar-refractivity contribution in [1.82, 2.24) is 10.8 Å². The van der Waals surface area contributed by atoms with Crippen LogP contribution in [0.5, 0.6) is 5.75 Å². The van der Waals surface area contributed by atoms with Crippen LogP contribution in [0.25, 0.3) is 12.2 Å². The van der Waals surface area contributed by atoms with E-state index in [4.69, 9.17) is 4.84 Å². The van der Waals surface area contributed by atoms with Crippen molar-refractivity contribution in [2.75, 3.05) is 13.6 Å². The first-order valence-corrected chi connectivity index (χ1v) is 5.44. The third-order valence-electron chi connectivity index (χ3n) is 2.40. The molecule has 0 radical (unpaired) electrons. The Hall–Kier alpha value is -1.74. The van der Waals surface area contributed by atoms with E-state index in [0.29, 0.717) is 0 Å². The average molecular weight is 216 g/mol. The van der Waals surface area contributed by atoms with Crippen molar-refractivity contribution < 1.29 is 4.84 Å². The average Bonchev–Trinajstić information content (AvgIpc) is 2.34. The lowest BCUT2D eigenvalue weighted by atomic mass is 10.1. The molecule has 0 unspecified atom stereocenters. The summed E-state index contributed by atoms with van der Waals surface area (Å²) < 4.78 is 0. The molecule has 0 atom stereocenters. The monoisotopic (exact) mass is 216 g/mol. The Bertz CT molecular complexity index is 410. The van der Waals surface area contributed by atoms with Crippen molar-refractivity contribution in [3.63, 3.8) is 0 Å². The lowest BCUT2D eigenvalue weighted by Gasteiger charge is -2.12. The molecule has 1 aromatic rings. The molecule has 3 heteroatoms. The van der Waals surface area contributed by atoms with Crippen LogP contribution in [0.4, 0.5) is 0 Å². The van der Waals surface area contributed by atoms with Crippen molar-refractivity contribution in [2.45, 2.75) is 6.42 Å². The molecule has 0 saturated heterocycles. The highest BCUT2D eigenvalue weighted by Crippen LogP contribution is 2.23. The van der Waals surface area contributed by atoms with Crippen LogP contribution in [0.2, 0.25) is 0 Å². The lowest BCUT2D eigenvalue weighted by Crippen LogP contribution is -2.14. The zero-order valence-electron chi connectivity index (χ0n) is 9.36. The maximum absolute atomic E-state index is 5.25. The van der Waals surface area contributed by atoms with E-state index in [1.807, 2.05) is 19.2 Å². The van der Waals surface area contributed by atoms with Gasteiger partial charge < -0.3 is 10.2 Å². The minimum Gasteiger partial charge on any atom is -0.382 e. The second kappa shape index (κ2) is 5.37. The number of fused-ring (bicyclic) bond motifs is 1. The third-order valence-corrected chi connectivity index (χ3v) is 2.40. The second-order valence-electron chi connectivity index (χ2n) is 3.65. The largest absolute Gasteiger partial charge is 0.382 e. The highest BCUT2D eigenvalue weighted by atomic mass is 16.6. The molecule has 1 aliphatic heterocycles. The third kappa shape index (κ3) is 2.64. The number of benzene rings is 1. The molecular formula is C13H16N2O. The molecule has 84 valence electrons. The van der Waals surface area contributed by atoms with E-state index < -0.39 is 0 Å². The fourth-order valence-corrected chi connectivity index (χ4v) is 1.56. The predicted octanol–water partition coefficient (Wildman–Crippen LogP) is 2.18. The van der Waals surface area contributed by atoms with Gasteiger partial charge in [-0.3, -0.25) is 0 Å². The van der Waals surface area contributed by atoms with Crippen LogP contribution in [0, 0.1) is 0 Å². The number of nitrogens with one attached hydrogen (secondary N) is 2. The predicted molar refractivity (Wildman–Crippen MR) is 66.8 cm³/mol. The minimum atomic E-state index is 0.870. The molecule has 16 heavy (non-hydrogen) atoms. The van der Waals surface area contributed by atoms with Gasteiger partial charge in [-0.2, -0.15) is 0 Å². The van der Waals surface area contributed by atoms with Crippen molar-refractivity contribution in [2.24, 2.45) is 0 Å². The van der Waals surface area contributed by atoms with Gasteiger partial charge >= 0.3 is 0 Å². The molecule has 2 rings (SSSR count). The quantitative estimate of drug-likeness (QED) is 0.757. The summed E-state index contributed by atoms with van der Waals surface area (Å²) in [6.07, 6.45) is 9.14. The van der Waals surface area contributed by atoms with E-state index in [9.17, 15) is 0 Å². The molecule has 3 nitrogen and oxygen atoms in total. The van der Waals surface area contributed by atoms with E-state index >= 15 is 0 Å². The highest BCUT2D eigenvalue weighted by molar-refractivity contribution is 5.64. The topological polar surface area (TPSA) is 33.3 Å². The molecule has 2 N–H and O–H groups in total. The summed E-state index contributed by atoms with van der Waals surface area (Å²) in [5.41, 5.74) is 5.02. The molecule has 1 heterocycles. The molecule has 0 bridgehead atoms. The maximum Gasteiger partial charge on any atom is 0.162 e. The standard InChI is InChI=1S/C13H16N2O/c1-14-8-3-2-4-11-5-6-13-12(10-11)7-9-15-16-13/h2,4-7,9-10,14-15H,3,8H2,1H3. The first-order valence-electron chi connectivity index (χ1n) is 5.44. The fourth-order valence-electron chi connectivity index (χ4n) is 1.56. The normalized spacial score (nSPS) is 13.3. The van der Waals surface area contributed by atoms with Crippen LogP contribution in [0.1, 0.15) is 17.5 Å². The minimum absolute atomic E-state index is 0.870. The van der Waals surface area contributed by atoms with Gasteiger partial charge in [-0.1, -0.05) is 18.2 Å². The van der Waals surface area contributed by atoms with Gasteiger partial charge in [0.2, 0.25) is 0 Å². The number of rotatable bonds is 4. The maximum atomic E-state index is 5.25. The van der Waals surface area contributed by atoms with Crippen molar-refractivity contribution >= 4 is 12.2 Å². The Kier molecular flexibility index (Phi) is 3.62. The van der Waals surface area contributed by atoms with Crippen LogP contribution < -0.4 is 15.6 Å². The summed E-state index contributed by atoms with van der Waals surface area (Å²) >= 11 is 0. The molecule has 0 aliphatic carbocycles. The van der Waals surface area contributed by atoms with Crippen LogP contribution >= 0.6 is 0 Å². The summed E-state index contributed by atoms with van der Waals surface area (Å²) in [6.45, 7) is 1.01. The lowest BCUT2D eigenvalue weighted by molar-refractivity contribution is 0.239. The van der Waals surface area contributed by atoms with Gasteiger partial charge in [-0.15, -0.1) is 0 Å². The van der Waals surface area contributed by atoms with E-state index in [1.165, 1.54) is 5.56 Å². The number of hydrogen-bond acceptors (Lipinski definition) is 3. The SMILES string of the molecule is CNCCC=Cc1ccc2c(c1)C=CNO2. The van der Waals surface area contributed by atoms with E-state index in [2.05, 4.69) is 35.1 Å². The zero-order valence-corrected chi connectivity index (χ0v) is 9.36. The first-order chi connectivity index (χ1) is 7.90. The van der Waals surface area contributed by atoms with Crippen LogP contribution in [-0.4, -0.2) is 13.6 Å². The van der Waals surface area contributed by atoms with Gasteiger partial charge in [-0.05, 0) is 43.8 Å². The molecule has 0 amide bonds. The number of hydrogen-bond donors (Lipinski definition) is 2. The molecular weight excluding hydrogens is 200 g/mol. The van der Waals surface area contributed by atoms with E-state index in [1.54, 1.807) is 6.20 Å². The Balaban J connectivity index is 2.06. The van der Waals surface area contributed by atoms with E-state index in [-0.39, 0.29) is 0 Å². The first kappa shape index (κ1) is 10.8. The second-order valence-corrected chi connectivity index (χ2v) is 3.65. The van der Waals surface area contributed by atoms with Gasteiger partial charge in [0.1, 0.15) is 0 Å². The summed E-state index contributed by atoms with van der Waals surface area (Å²) in [5.74, 6) is 0.870. The van der Waals surface area contributed by atoms with Gasteiger partial charge in [0.15, 0.2) is 5.75 Å². The summed E-state index contributed by atoms with van der Waals surface area (Å²) in [6, 6.07) is 6.14. The van der Waals surface area contributed by atoms with Crippen LogP contribution in [0.3, 0.4) is 0 Å². The van der Waals surface area contributed by atoms with Gasteiger partial charge in [-0.25, -0.2) is 5.48 Å². The zero-order chi connectivity index (χ0) is 11.2. The van der Waals surface area contributed by atoms with Crippen molar-refractivity contribution in [1.29, 1.82) is 0 Å². The molecule has 1 aliphatic rings. The molecule has 0 spiro atoms. The van der Waals surface area contributed by atoms with Crippen molar-refractivity contribution in [3.8, 4) is 5.75 Å². The number of hydroxylamine groups is 1. The summed E-state index contributed by atoms with van der Waals surface area (Å²) in [4.78, 5) is 5.25. The summed E-state index contributed by atoms with van der Waals surface area (Å²) in [7, 11) is 1.96. The van der Waals surface area contributed by atoms with Gasteiger partial charge in [0.25, 0.3) is 0 Å². The molecule has 0 saturated carbocycles. The molecule has 1 aromatic carbocycles. The van der Waals surface area contributed by atoms with Gasteiger partial charge in [0.05, 0.1) is 0 Å². The van der Waals surface area contributed by atoms with Crippen LogP contribution in [-0.2, 0) is 0 Å². The Morgan fingerprint density at radius 1 is 1.44 bits per heavy atom. The Morgan fingerprint density at radius 3 is 3.25 bits per heavy atom. The fraction of sp³-hybridized carbons (Fsp3) is 0.231. The molecule has 0 fully saturated rings. The van der Waals surface area contributed by atoms with Crippen molar-refractivity contribution in [3.05, 3.63) is 41.6 Å². The van der Waals surface area contributed by atoms with Gasteiger partial charge in [0, 0.05) is 11.8 Å².